The van der Waals surface area contributed by atoms with Gasteiger partial charge >= 0.3 is 0 Å². The number of aromatic nitrogens is 4. The van der Waals surface area contributed by atoms with E-state index in [1.165, 1.54) is 0 Å². The molecule has 0 saturated carbocycles. The van der Waals surface area contributed by atoms with Gasteiger partial charge in [-0.1, -0.05) is 30.9 Å². The lowest BCUT2D eigenvalue weighted by Crippen LogP contribution is -2.22. The molecule has 2 aromatic heterocycles. The van der Waals surface area contributed by atoms with E-state index in [0.717, 1.165) is 21.7 Å². The number of allylic oxidation sites excluding steroid dienone is 3. The van der Waals surface area contributed by atoms with Gasteiger partial charge in [0.2, 0.25) is 0 Å². The molecule has 0 atom stereocenters. The molecule has 4 heteroatoms. The van der Waals surface area contributed by atoms with Crippen molar-refractivity contribution in [1.29, 1.82) is 0 Å². The molecule has 2 rings (SSSR count). The first-order valence-electron chi connectivity index (χ1n) is 5.41. The zero-order valence-electron chi connectivity index (χ0n) is 9.94. The SMILES string of the molecule is C=C/C=c1/[nH]c2nc(C)nnc2/c1=C/C=C\C. The van der Waals surface area contributed by atoms with Crippen molar-refractivity contribution < 1.29 is 0 Å². The van der Waals surface area contributed by atoms with Gasteiger partial charge < -0.3 is 4.98 Å². The number of fused-ring (bicyclic) bond motifs is 1. The molecule has 2 heterocycles. The highest BCUT2D eigenvalue weighted by Crippen LogP contribution is 1.96. The third-order valence-corrected chi connectivity index (χ3v) is 2.33. The van der Waals surface area contributed by atoms with E-state index in [4.69, 9.17) is 0 Å². The van der Waals surface area contributed by atoms with Gasteiger partial charge in [0.05, 0.1) is 0 Å². The van der Waals surface area contributed by atoms with Gasteiger partial charge in [0.25, 0.3) is 0 Å². The average molecular weight is 226 g/mol. The summed E-state index contributed by atoms with van der Waals surface area (Å²) in [5.41, 5.74) is 1.53. The van der Waals surface area contributed by atoms with E-state index in [0.29, 0.717) is 5.82 Å². The molecule has 0 bridgehead atoms. The first kappa shape index (κ1) is 11.3. The quantitative estimate of drug-likeness (QED) is 0.830. The molecule has 0 spiro atoms. The largest absolute Gasteiger partial charge is 0.338 e. The van der Waals surface area contributed by atoms with E-state index in [1.807, 2.05) is 38.2 Å². The normalized spacial score (nSPS) is 14.0. The van der Waals surface area contributed by atoms with Gasteiger partial charge in [-0.15, -0.1) is 10.2 Å². The summed E-state index contributed by atoms with van der Waals surface area (Å²) in [6.45, 7) is 7.49. The van der Waals surface area contributed by atoms with Crippen molar-refractivity contribution in [2.24, 2.45) is 0 Å². The van der Waals surface area contributed by atoms with Gasteiger partial charge in [-0.05, 0) is 19.9 Å². The number of H-pyrrole nitrogens is 1. The Morgan fingerprint density at radius 3 is 2.76 bits per heavy atom. The Morgan fingerprint density at radius 2 is 2.06 bits per heavy atom. The van der Waals surface area contributed by atoms with Crippen LogP contribution >= 0.6 is 0 Å². The monoisotopic (exact) mass is 226 g/mol. The second kappa shape index (κ2) is 4.74. The Bertz CT molecular complexity index is 692. The Balaban J connectivity index is 2.90. The maximum atomic E-state index is 4.32. The van der Waals surface area contributed by atoms with Crippen LogP contribution in [0.15, 0.2) is 24.8 Å². The van der Waals surface area contributed by atoms with Crippen LogP contribution in [0.1, 0.15) is 12.7 Å². The van der Waals surface area contributed by atoms with Crippen LogP contribution in [0, 0.1) is 6.92 Å². The smallest absolute Gasteiger partial charge is 0.161 e. The van der Waals surface area contributed by atoms with Crippen molar-refractivity contribution in [3.05, 3.63) is 41.2 Å². The fourth-order valence-corrected chi connectivity index (χ4v) is 1.61. The molecule has 0 amide bonds. The van der Waals surface area contributed by atoms with E-state index < -0.39 is 0 Å². The molecule has 4 nitrogen and oxygen atoms in total. The summed E-state index contributed by atoms with van der Waals surface area (Å²) in [5.74, 6) is 0.654. The van der Waals surface area contributed by atoms with Gasteiger partial charge in [-0.3, -0.25) is 0 Å². The van der Waals surface area contributed by atoms with Crippen LogP contribution in [-0.4, -0.2) is 20.2 Å². The van der Waals surface area contributed by atoms with Crippen molar-refractivity contribution in [2.75, 3.05) is 0 Å². The highest BCUT2D eigenvalue weighted by atomic mass is 15.2. The lowest BCUT2D eigenvalue weighted by atomic mass is 10.3. The number of aromatic amines is 1. The highest BCUT2D eigenvalue weighted by molar-refractivity contribution is 5.73. The molecule has 1 N–H and O–H groups in total. The van der Waals surface area contributed by atoms with Crippen LogP contribution in [0.3, 0.4) is 0 Å². The molecule has 0 aliphatic rings. The van der Waals surface area contributed by atoms with E-state index in [9.17, 15) is 0 Å². The summed E-state index contributed by atoms with van der Waals surface area (Å²) in [7, 11) is 0. The zero-order valence-corrected chi connectivity index (χ0v) is 9.94. The number of hydrogen-bond donors (Lipinski definition) is 1. The molecule has 0 aliphatic carbocycles. The molecule has 0 aliphatic heterocycles. The molecule has 2 aromatic rings. The fraction of sp³-hybridized carbons (Fsp3) is 0.154. The van der Waals surface area contributed by atoms with Crippen LogP contribution in [0.4, 0.5) is 0 Å². The molecule has 0 aromatic carbocycles. The van der Waals surface area contributed by atoms with Crippen molar-refractivity contribution in [3.8, 4) is 0 Å². The first-order chi connectivity index (χ1) is 8.26. The Kier molecular flexibility index (Phi) is 3.14. The van der Waals surface area contributed by atoms with Gasteiger partial charge in [0.1, 0.15) is 11.3 Å². The van der Waals surface area contributed by atoms with Gasteiger partial charge in [0.15, 0.2) is 5.65 Å². The lowest BCUT2D eigenvalue weighted by molar-refractivity contribution is 0.947. The number of nitrogens with zero attached hydrogens (tertiary/aromatic N) is 3. The number of rotatable bonds is 2. The van der Waals surface area contributed by atoms with E-state index in [-0.39, 0.29) is 0 Å². The lowest BCUT2D eigenvalue weighted by Gasteiger charge is -1.88. The molecule has 0 unspecified atom stereocenters. The molecule has 0 radical (unpaired) electrons. The third kappa shape index (κ3) is 2.15. The highest BCUT2D eigenvalue weighted by Gasteiger charge is 2.03. The topological polar surface area (TPSA) is 54.5 Å². The molecule has 86 valence electrons. The van der Waals surface area contributed by atoms with Crippen LogP contribution < -0.4 is 10.6 Å². The van der Waals surface area contributed by atoms with Crippen LogP contribution in [-0.2, 0) is 0 Å². The molecular formula is C13H14N4. The van der Waals surface area contributed by atoms with Crippen LogP contribution in [0.2, 0.25) is 0 Å². The summed E-state index contributed by atoms with van der Waals surface area (Å²) >= 11 is 0. The zero-order chi connectivity index (χ0) is 12.3. The maximum Gasteiger partial charge on any atom is 0.161 e. The minimum atomic E-state index is 0.654. The number of aryl methyl sites for hydroxylation is 1. The minimum absolute atomic E-state index is 0.654. The Morgan fingerprint density at radius 1 is 1.24 bits per heavy atom. The maximum absolute atomic E-state index is 4.32. The van der Waals surface area contributed by atoms with Gasteiger partial charge in [-0.25, -0.2) is 4.98 Å². The fourth-order valence-electron chi connectivity index (χ4n) is 1.61. The van der Waals surface area contributed by atoms with Crippen molar-refractivity contribution in [1.82, 2.24) is 20.2 Å². The van der Waals surface area contributed by atoms with Gasteiger partial charge in [0, 0.05) is 10.6 Å². The van der Waals surface area contributed by atoms with Crippen LogP contribution in [0.25, 0.3) is 23.3 Å². The summed E-state index contributed by atoms with van der Waals surface area (Å²) in [6, 6.07) is 0. The summed E-state index contributed by atoms with van der Waals surface area (Å²) in [4.78, 5) is 7.53. The summed E-state index contributed by atoms with van der Waals surface area (Å²) < 4.78 is 0. The number of nitrogens with one attached hydrogen (secondary N) is 1. The third-order valence-electron chi connectivity index (χ3n) is 2.33. The standard InChI is InChI=1S/C13H14N4/c1-4-6-8-10-11(7-5-2)15-13-12(10)17-16-9(3)14-13/h4-8H,2H2,1,3H3,(H,14,15,16)/b6-4-,10-8+,11-7+. The van der Waals surface area contributed by atoms with Crippen molar-refractivity contribution in [3.63, 3.8) is 0 Å². The van der Waals surface area contributed by atoms with E-state index in [2.05, 4.69) is 26.7 Å². The Labute approximate surface area is 99.1 Å². The van der Waals surface area contributed by atoms with Crippen molar-refractivity contribution in [2.45, 2.75) is 13.8 Å². The minimum Gasteiger partial charge on any atom is -0.338 e. The predicted octanol–water partition coefficient (Wildman–Crippen LogP) is 0.984. The van der Waals surface area contributed by atoms with E-state index in [1.54, 1.807) is 6.08 Å². The first-order valence-corrected chi connectivity index (χ1v) is 5.41. The molecule has 17 heavy (non-hydrogen) atoms. The summed E-state index contributed by atoms with van der Waals surface area (Å²) in [6.07, 6.45) is 9.54. The van der Waals surface area contributed by atoms with E-state index >= 15 is 0 Å². The second-order valence-corrected chi connectivity index (χ2v) is 3.60. The summed E-state index contributed by atoms with van der Waals surface area (Å²) in [5, 5.41) is 10.1. The molecule has 0 saturated heterocycles. The van der Waals surface area contributed by atoms with Gasteiger partial charge in [-0.2, -0.15) is 0 Å². The second-order valence-electron chi connectivity index (χ2n) is 3.60. The average Bonchev–Trinajstić information content (AvgIpc) is 2.63. The molecular weight excluding hydrogens is 212 g/mol. The van der Waals surface area contributed by atoms with Crippen molar-refractivity contribution >= 4 is 23.3 Å². The molecule has 0 fully saturated rings. The Hall–Kier alpha value is -2.23. The number of hydrogen-bond acceptors (Lipinski definition) is 3. The predicted molar refractivity (Wildman–Crippen MR) is 69.6 cm³/mol. The van der Waals surface area contributed by atoms with Crippen LogP contribution in [0.5, 0.6) is 0 Å².